The lowest BCUT2D eigenvalue weighted by molar-refractivity contribution is -0.132. The largest absolute Gasteiger partial charge is 0.343 e. The number of hydrogen-bond donors (Lipinski definition) is 0. The van der Waals surface area contributed by atoms with Crippen LogP contribution in [0, 0.1) is 0 Å². The lowest BCUT2D eigenvalue weighted by atomic mass is 9.97. The molecule has 0 N–H and O–H groups in total. The zero-order chi connectivity index (χ0) is 15.4. The Hall–Kier alpha value is -1.39. The van der Waals surface area contributed by atoms with E-state index in [2.05, 4.69) is 4.98 Å². The van der Waals surface area contributed by atoms with Gasteiger partial charge in [0.15, 0.2) is 0 Å². The van der Waals surface area contributed by atoms with E-state index < -0.39 is 0 Å². The molecule has 0 bridgehead atoms. The third kappa shape index (κ3) is 3.68. The summed E-state index contributed by atoms with van der Waals surface area (Å²) in [5, 5.41) is 3.98. The first-order chi connectivity index (χ1) is 10.7. The molecule has 1 aromatic carbocycles. The summed E-state index contributed by atoms with van der Waals surface area (Å²) in [4.78, 5) is 18.7. The Morgan fingerprint density at radius 3 is 2.77 bits per heavy atom. The molecule has 0 atom stereocenters. The average Bonchev–Trinajstić information content (AvgIpc) is 3.08. The lowest BCUT2D eigenvalue weighted by Gasteiger charge is -2.31. The number of rotatable bonds is 4. The molecule has 1 aromatic heterocycles. The van der Waals surface area contributed by atoms with Crippen LogP contribution in [0.15, 0.2) is 35.8 Å². The van der Waals surface area contributed by atoms with E-state index in [4.69, 9.17) is 11.6 Å². The van der Waals surface area contributed by atoms with Crippen LogP contribution < -0.4 is 0 Å². The van der Waals surface area contributed by atoms with Gasteiger partial charge in [-0.15, -0.1) is 11.3 Å². The highest BCUT2D eigenvalue weighted by atomic mass is 35.5. The van der Waals surface area contributed by atoms with Gasteiger partial charge in [0.05, 0.1) is 5.01 Å². The van der Waals surface area contributed by atoms with Crippen LogP contribution in [-0.4, -0.2) is 28.9 Å². The first kappa shape index (κ1) is 15.5. The topological polar surface area (TPSA) is 33.2 Å². The second-order valence-corrected chi connectivity index (χ2v) is 6.95. The predicted molar refractivity (Wildman–Crippen MR) is 90.4 cm³/mol. The highest BCUT2D eigenvalue weighted by molar-refractivity contribution is 7.09. The molecular weight excluding hydrogens is 316 g/mol. The molecule has 2 aromatic rings. The third-order valence-corrected chi connectivity index (χ3v) is 5.52. The summed E-state index contributed by atoms with van der Waals surface area (Å²) in [5.41, 5.74) is 1.05. The molecule has 1 aliphatic heterocycles. The van der Waals surface area contributed by atoms with Crippen LogP contribution in [-0.2, 0) is 11.2 Å². The van der Waals surface area contributed by atoms with Crippen LogP contribution >= 0.6 is 22.9 Å². The Morgan fingerprint density at radius 2 is 2.09 bits per heavy atom. The van der Waals surface area contributed by atoms with Gasteiger partial charge in [0.1, 0.15) is 0 Å². The van der Waals surface area contributed by atoms with E-state index in [-0.39, 0.29) is 5.91 Å². The highest BCUT2D eigenvalue weighted by Crippen LogP contribution is 2.29. The quantitative estimate of drug-likeness (QED) is 0.842. The predicted octanol–water partition coefficient (Wildman–Crippen LogP) is 4.14. The Kier molecular flexibility index (Phi) is 5.11. The van der Waals surface area contributed by atoms with Crippen molar-refractivity contribution >= 4 is 28.8 Å². The number of carbonyl (C=O) groups is 1. The molecule has 116 valence electrons. The summed E-state index contributed by atoms with van der Waals surface area (Å²) in [6, 6.07) is 7.74. The minimum atomic E-state index is 0.234. The molecule has 0 saturated carbocycles. The van der Waals surface area contributed by atoms with Crippen molar-refractivity contribution in [1.29, 1.82) is 0 Å². The highest BCUT2D eigenvalue weighted by Gasteiger charge is 2.24. The lowest BCUT2D eigenvalue weighted by Crippen LogP contribution is -2.38. The van der Waals surface area contributed by atoms with E-state index >= 15 is 0 Å². The van der Waals surface area contributed by atoms with Crippen molar-refractivity contribution in [1.82, 2.24) is 9.88 Å². The van der Waals surface area contributed by atoms with Gasteiger partial charge in [-0.05, 0) is 30.9 Å². The standard InChI is InChI=1S/C17H19ClN2OS/c18-15-4-2-1-3-13(15)5-6-16(21)20-10-7-14(8-11-20)17-19-9-12-22-17/h1-4,9,12,14H,5-8,10-11H2. The minimum absolute atomic E-state index is 0.234. The second-order valence-electron chi connectivity index (χ2n) is 5.62. The maximum atomic E-state index is 12.3. The van der Waals surface area contributed by atoms with Crippen LogP contribution in [0.3, 0.4) is 0 Å². The van der Waals surface area contributed by atoms with Gasteiger partial charge in [-0.1, -0.05) is 29.8 Å². The van der Waals surface area contributed by atoms with Crippen LogP contribution in [0.4, 0.5) is 0 Å². The zero-order valence-electron chi connectivity index (χ0n) is 12.4. The van der Waals surface area contributed by atoms with Crippen LogP contribution in [0.2, 0.25) is 5.02 Å². The van der Waals surface area contributed by atoms with Gasteiger partial charge in [-0.25, -0.2) is 4.98 Å². The van der Waals surface area contributed by atoms with Gasteiger partial charge in [-0.2, -0.15) is 0 Å². The number of benzene rings is 1. The third-order valence-electron chi connectivity index (χ3n) is 4.21. The molecule has 1 aliphatic rings. The van der Waals surface area contributed by atoms with E-state index in [0.717, 1.165) is 36.5 Å². The number of piperidine rings is 1. The second kappa shape index (κ2) is 7.25. The van der Waals surface area contributed by atoms with Crippen molar-refractivity contribution in [2.24, 2.45) is 0 Å². The van der Waals surface area contributed by atoms with Crippen molar-refractivity contribution in [3.05, 3.63) is 51.4 Å². The van der Waals surface area contributed by atoms with Crippen molar-refractivity contribution in [2.75, 3.05) is 13.1 Å². The number of aryl methyl sites for hydroxylation is 1. The van der Waals surface area contributed by atoms with Crippen LogP contribution in [0.1, 0.15) is 35.8 Å². The molecule has 3 rings (SSSR count). The Labute approximate surface area is 139 Å². The number of halogens is 1. The van der Waals surface area contributed by atoms with E-state index in [1.165, 1.54) is 5.01 Å². The van der Waals surface area contributed by atoms with E-state index in [1.807, 2.05) is 40.7 Å². The maximum Gasteiger partial charge on any atom is 0.222 e. The number of aromatic nitrogens is 1. The molecule has 3 nitrogen and oxygen atoms in total. The molecule has 1 saturated heterocycles. The number of hydrogen-bond acceptors (Lipinski definition) is 3. The Bertz CT molecular complexity index is 621. The number of nitrogens with zero attached hydrogens (tertiary/aromatic N) is 2. The summed E-state index contributed by atoms with van der Waals surface area (Å²) >= 11 is 7.86. The number of likely N-dealkylation sites (tertiary alicyclic amines) is 1. The molecular formula is C17H19ClN2OS. The van der Waals surface area contributed by atoms with Gasteiger partial charge in [-0.3, -0.25) is 4.79 Å². The number of amides is 1. The SMILES string of the molecule is O=C(CCc1ccccc1Cl)N1CCC(c2nccs2)CC1. The summed E-state index contributed by atoms with van der Waals surface area (Å²) in [7, 11) is 0. The van der Waals surface area contributed by atoms with Gasteiger partial charge in [0, 0.05) is 42.0 Å². The van der Waals surface area contributed by atoms with Crippen molar-refractivity contribution in [2.45, 2.75) is 31.6 Å². The molecule has 0 unspecified atom stereocenters. The van der Waals surface area contributed by atoms with E-state index in [9.17, 15) is 4.79 Å². The fourth-order valence-electron chi connectivity index (χ4n) is 2.91. The molecule has 0 aliphatic carbocycles. The van der Waals surface area contributed by atoms with Crippen molar-refractivity contribution < 1.29 is 4.79 Å². The fraction of sp³-hybridized carbons (Fsp3) is 0.412. The van der Waals surface area contributed by atoms with E-state index in [1.54, 1.807) is 11.3 Å². The molecule has 5 heteroatoms. The summed E-state index contributed by atoms with van der Waals surface area (Å²) < 4.78 is 0. The number of thiazole rings is 1. The molecule has 1 fully saturated rings. The summed E-state index contributed by atoms with van der Waals surface area (Å²) in [6.45, 7) is 1.68. The fourth-order valence-corrected chi connectivity index (χ4v) is 3.95. The first-order valence-electron chi connectivity index (χ1n) is 7.64. The monoisotopic (exact) mass is 334 g/mol. The van der Waals surface area contributed by atoms with Crippen LogP contribution in [0.5, 0.6) is 0 Å². The smallest absolute Gasteiger partial charge is 0.222 e. The number of carbonyl (C=O) groups excluding carboxylic acids is 1. The van der Waals surface area contributed by atoms with Gasteiger partial charge in [0.25, 0.3) is 0 Å². The van der Waals surface area contributed by atoms with Crippen molar-refractivity contribution in [3.63, 3.8) is 0 Å². The molecule has 22 heavy (non-hydrogen) atoms. The average molecular weight is 335 g/mol. The molecule has 1 amide bonds. The van der Waals surface area contributed by atoms with Gasteiger partial charge in [0.2, 0.25) is 5.91 Å². The van der Waals surface area contributed by atoms with E-state index in [0.29, 0.717) is 18.8 Å². The molecule has 2 heterocycles. The Morgan fingerprint density at radius 1 is 1.32 bits per heavy atom. The van der Waals surface area contributed by atoms with Gasteiger partial charge < -0.3 is 4.90 Å². The maximum absolute atomic E-state index is 12.3. The first-order valence-corrected chi connectivity index (χ1v) is 8.90. The zero-order valence-corrected chi connectivity index (χ0v) is 13.9. The minimum Gasteiger partial charge on any atom is -0.343 e. The van der Waals surface area contributed by atoms with Crippen molar-refractivity contribution in [3.8, 4) is 0 Å². The summed E-state index contributed by atoms with van der Waals surface area (Å²) in [5.74, 6) is 0.755. The van der Waals surface area contributed by atoms with Crippen LogP contribution in [0.25, 0.3) is 0 Å². The normalized spacial score (nSPS) is 16.0. The van der Waals surface area contributed by atoms with Gasteiger partial charge >= 0.3 is 0 Å². The molecule has 0 spiro atoms. The Balaban J connectivity index is 1.49. The summed E-state index contributed by atoms with van der Waals surface area (Å²) in [6.07, 6.45) is 5.15. The molecule has 0 radical (unpaired) electrons.